The summed E-state index contributed by atoms with van der Waals surface area (Å²) in [4.78, 5) is 43.8. The molecule has 0 unspecified atom stereocenters. The molecule has 1 aromatic heterocycles. The maximum absolute atomic E-state index is 13.5. The molecule has 0 bridgehead atoms. The highest BCUT2D eigenvalue weighted by Gasteiger charge is 2.31. The first-order valence-electron chi connectivity index (χ1n) is 15.0. The zero-order chi connectivity index (χ0) is 32.4. The number of hydrogen-bond acceptors (Lipinski definition) is 7. The van der Waals surface area contributed by atoms with Crippen LogP contribution in [0, 0.1) is 0 Å². The number of sulfonamides is 1. The Balaban J connectivity index is 1.21. The van der Waals surface area contributed by atoms with Gasteiger partial charge in [0.15, 0.2) is 0 Å². The summed E-state index contributed by atoms with van der Waals surface area (Å²) in [7, 11) is -0.671. The lowest BCUT2D eigenvalue weighted by atomic mass is 10.0. The molecule has 12 heteroatoms. The van der Waals surface area contributed by atoms with Crippen LogP contribution in [-0.2, 0) is 42.5 Å². The summed E-state index contributed by atoms with van der Waals surface area (Å²) in [5.74, 6) is -1.06. The fourth-order valence-electron chi connectivity index (χ4n) is 5.81. The maximum atomic E-state index is 13.5. The van der Waals surface area contributed by atoms with Crippen LogP contribution in [0.15, 0.2) is 83.8 Å². The van der Waals surface area contributed by atoms with Crippen LogP contribution in [0.5, 0.6) is 0 Å². The van der Waals surface area contributed by atoms with Crippen molar-refractivity contribution in [2.75, 3.05) is 32.5 Å². The molecule has 10 nitrogen and oxygen atoms in total. The van der Waals surface area contributed by atoms with Crippen LogP contribution in [0.3, 0.4) is 0 Å². The van der Waals surface area contributed by atoms with Crippen molar-refractivity contribution in [1.29, 1.82) is 0 Å². The van der Waals surface area contributed by atoms with E-state index < -0.39 is 27.9 Å². The fourth-order valence-corrected chi connectivity index (χ4v) is 8.51. The van der Waals surface area contributed by atoms with E-state index in [1.807, 2.05) is 42.5 Å². The van der Waals surface area contributed by atoms with E-state index >= 15 is 0 Å². The Labute approximate surface area is 272 Å². The first kappa shape index (κ1) is 31.6. The molecule has 0 saturated carbocycles. The van der Waals surface area contributed by atoms with E-state index in [4.69, 9.17) is 0 Å². The van der Waals surface area contributed by atoms with E-state index in [0.29, 0.717) is 44.0 Å². The molecule has 0 spiro atoms. The lowest BCUT2D eigenvalue weighted by Crippen LogP contribution is -2.39. The van der Waals surface area contributed by atoms with Crippen LogP contribution < -0.4 is 10.6 Å². The van der Waals surface area contributed by atoms with Crippen LogP contribution in [0.2, 0.25) is 0 Å². The third-order valence-electron chi connectivity index (χ3n) is 8.32. The van der Waals surface area contributed by atoms with E-state index in [9.17, 15) is 22.8 Å². The molecule has 0 radical (unpaired) electrons. The highest BCUT2D eigenvalue weighted by molar-refractivity contribution is 7.89. The Bertz CT molecular complexity index is 1890. The Morgan fingerprint density at radius 3 is 2.24 bits per heavy atom. The molecule has 238 valence electrons. The van der Waals surface area contributed by atoms with Crippen LogP contribution in [0.4, 0.5) is 9.80 Å². The molecular weight excluding hydrogens is 623 g/mol. The predicted molar refractivity (Wildman–Crippen MR) is 177 cm³/mol. The number of carbonyl (C=O) groups excluding carboxylic acids is 3. The topological polar surface area (TPSA) is 119 Å². The molecule has 0 fully saturated rings. The average molecular weight is 658 g/mol. The molecule has 6 rings (SSSR count). The normalized spacial score (nSPS) is 15.0. The number of nitrogens with zero attached hydrogens (tertiary/aromatic N) is 3. The fraction of sp³-hybridized carbons (Fsp3) is 0.265. The van der Waals surface area contributed by atoms with Crippen molar-refractivity contribution in [2.24, 2.45) is 0 Å². The third-order valence-corrected chi connectivity index (χ3v) is 11.3. The van der Waals surface area contributed by atoms with Crippen LogP contribution >= 0.6 is 11.3 Å². The number of anilines is 1. The zero-order valence-corrected chi connectivity index (χ0v) is 27.3. The van der Waals surface area contributed by atoms with Crippen LogP contribution in [-0.4, -0.2) is 67.6 Å². The Hall–Kier alpha value is -4.36. The third kappa shape index (κ3) is 6.61. The van der Waals surface area contributed by atoms with Gasteiger partial charge in [0.25, 0.3) is 11.8 Å². The maximum Gasteiger partial charge on any atom is 0.323 e. The summed E-state index contributed by atoms with van der Waals surface area (Å²) in [5, 5.41) is 5.65. The monoisotopic (exact) mass is 657 g/mol. The Morgan fingerprint density at radius 2 is 1.52 bits per heavy atom. The lowest BCUT2D eigenvalue weighted by Gasteiger charge is -2.28. The molecule has 4 amide bonds. The van der Waals surface area contributed by atoms with Gasteiger partial charge in [-0.3, -0.25) is 19.8 Å². The SMILES string of the molecule is CN(C)C(=O)NC(=O)c1c(NC(=O)c2ccc(S(=O)(=O)N3CCc4ccccc4C3)cc2)sc2c1CCN(Cc1ccccc1)C2. The zero-order valence-electron chi connectivity index (χ0n) is 25.7. The molecule has 2 aliphatic rings. The number of amides is 4. The molecule has 0 saturated heterocycles. The van der Waals surface area contributed by atoms with Gasteiger partial charge in [-0.25, -0.2) is 13.2 Å². The largest absolute Gasteiger partial charge is 0.331 e. The minimum atomic E-state index is -3.76. The van der Waals surface area contributed by atoms with Crippen molar-refractivity contribution in [1.82, 2.24) is 19.4 Å². The molecule has 2 aliphatic heterocycles. The smallest absolute Gasteiger partial charge is 0.323 e. The van der Waals surface area contributed by atoms with Gasteiger partial charge in [-0.05, 0) is 59.4 Å². The number of thiophene rings is 1. The average Bonchev–Trinajstić information content (AvgIpc) is 3.42. The van der Waals surface area contributed by atoms with Gasteiger partial charge in [-0.2, -0.15) is 4.31 Å². The van der Waals surface area contributed by atoms with E-state index in [1.54, 1.807) is 14.1 Å². The van der Waals surface area contributed by atoms with E-state index in [2.05, 4.69) is 27.7 Å². The van der Waals surface area contributed by atoms with Crippen molar-refractivity contribution < 1.29 is 22.8 Å². The van der Waals surface area contributed by atoms with E-state index in [0.717, 1.165) is 28.1 Å². The molecule has 0 aliphatic carbocycles. The summed E-state index contributed by atoms with van der Waals surface area (Å²) < 4.78 is 28.3. The predicted octanol–water partition coefficient (Wildman–Crippen LogP) is 4.72. The number of carbonyl (C=O) groups is 3. The molecule has 4 aromatic rings. The number of nitrogens with one attached hydrogen (secondary N) is 2. The minimum absolute atomic E-state index is 0.107. The quantitative estimate of drug-likeness (QED) is 0.297. The first-order chi connectivity index (χ1) is 22.1. The number of hydrogen-bond donors (Lipinski definition) is 2. The first-order valence-corrected chi connectivity index (χ1v) is 17.3. The minimum Gasteiger partial charge on any atom is -0.331 e. The second-order valence-corrected chi connectivity index (χ2v) is 14.7. The summed E-state index contributed by atoms with van der Waals surface area (Å²) in [6, 6.07) is 23.2. The van der Waals surface area contributed by atoms with Gasteiger partial charge in [-0.1, -0.05) is 54.6 Å². The Morgan fingerprint density at radius 1 is 0.826 bits per heavy atom. The summed E-state index contributed by atoms with van der Waals surface area (Å²) >= 11 is 1.32. The van der Waals surface area contributed by atoms with Crippen molar-refractivity contribution >= 4 is 44.2 Å². The van der Waals surface area contributed by atoms with E-state index in [-0.39, 0.29) is 16.0 Å². The van der Waals surface area contributed by atoms with Gasteiger partial charge in [0.2, 0.25) is 10.0 Å². The molecule has 3 aromatic carbocycles. The van der Waals surface area contributed by atoms with Gasteiger partial charge in [-0.15, -0.1) is 11.3 Å². The summed E-state index contributed by atoms with van der Waals surface area (Å²) in [6.45, 7) is 2.74. The summed E-state index contributed by atoms with van der Waals surface area (Å²) in [5.41, 5.74) is 4.67. The van der Waals surface area contributed by atoms with Crippen molar-refractivity contribution in [3.8, 4) is 0 Å². The summed E-state index contributed by atoms with van der Waals surface area (Å²) in [6.07, 6.45) is 1.22. The number of rotatable bonds is 7. The van der Waals surface area contributed by atoms with Crippen LogP contribution in [0.25, 0.3) is 0 Å². The van der Waals surface area contributed by atoms with Crippen LogP contribution in [0.1, 0.15) is 47.8 Å². The van der Waals surface area contributed by atoms with Crippen molar-refractivity contribution in [3.63, 3.8) is 0 Å². The van der Waals surface area contributed by atoms with Gasteiger partial charge in [0.05, 0.1) is 10.5 Å². The lowest BCUT2D eigenvalue weighted by molar-refractivity contribution is 0.0956. The van der Waals surface area contributed by atoms with Gasteiger partial charge in [0, 0.05) is 57.3 Å². The number of benzene rings is 3. The molecule has 2 N–H and O–H groups in total. The van der Waals surface area contributed by atoms with Gasteiger partial charge < -0.3 is 10.2 Å². The van der Waals surface area contributed by atoms with Gasteiger partial charge in [0.1, 0.15) is 5.00 Å². The van der Waals surface area contributed by atoms with Crippen molar-refractivity contribution in [2.45, 2.75) is 37.4 Å². The standard InChI is InChI=1S/C34H35N5O5S2/c1-37(2)34(42)36-32(41)30-28-17-18-38(20-23-8-4-3-5-9-23)22-29(28)45-33(30)35-31(40)25-12-14-27(15-13-25)46(43,44)39-19-16-24-10-6-7-11-26(24)21-39/h3-15H,16-22H2,1-2H3,(H,35,40)(H,36,41,42). The second-order valence-electron chi connectivity index (χ2n) is 11.6. The molecular formula is C34H35N5O5S2. The number of urea groups is 1. The second kappa shape index (κ2) is 13.2. The highest BCUT2D eigenvalue weighted by atomic mass is 32.2. The van der Waals surface area contributed by atoms with Crippen molar-refractivity contribution in [3.05, 3.63) is 117 Å². The molecule has 46 heavy (non-hydrogen) atoms. The Kier molecular flexibility index (Phi) is 9.05. The molecule has 3 heterocycles. The highest BCUT2D eigenvalue weighted by Crippen LogP contribution is 2.38. The number of imide groups is 1. The number of fused-ring (bicyclic) bond motifs is 2. The van der Waals surface area contributed by atoms with E-state index in [1.165, 1.54) is 50.4 Å². The van der Waals surface area contributed by atoms with Gasteiger partial charge >= 0.3 is 6.03 Å². The molecule has 0 atom stereocenters.